The van der Waals surface area contributed by atoms with Gasteiger partial charge in [-0.3, -0.25) is 9.69 Å². The molecule has 1 rings (SSSR count). The van der Waals surface area contributed by atoms with Gasteiger partial charge in [-0.1, -0.05) is 6.07 Å². The number of esters is 1. The summed E-state index contributed by atoms with van der Waals surface area (Å²) < 4.78 is 4.64. The molecule has 5 heteroatoms. The molecular formula is C13H18N2O3. The van der Waals surface area contributed by atoms with Crippen LogP contribution in [0.1, 0.15) is 33.4 Å². The van der Waals surface area contributed by atoms with E-state index in [1.54, 1.807) is 12.1 Å². The summed E-state index contributed by atoms with van der Waals surface area (Å²) in [7, 11) is 0. The van der Waals surface area contributed by atoms with Crippen LogP contribution in [0, 0.1) is 6.92 Å². The monoisotopic (exact) mass is 250 g/mol. The number of pyridine rings is 1. The number of anilines is 1. The van der Waals surface area contributed by atoms with Gasteiger partial charge in [-0.15, -0.1) is 0 Å². The molecule has 98 valence electrons. The van der Waals surface area contributed by atoms with Crippen LogP contribution in [0.2, 0.25) is 0 Å². The van der Waals surface area contributed by atoms with Gasteiger partial charge in [-0.2, -0.15) is 0 Å². The van der Waals surface area contributed by atoms with E-state index in [2.05, 4.69) is 9.72 Å². The molecule has 0 N–H and O–H groups in total. The molecule has 0 spiro atoms. The zero-order chi connectivity index (χ0) is 13.9. The van der Waals surface area contributed by atoms with Crippen LogP contribution in [0.5, 0.6) is 0 Å². The number of nitrogens with zero attached hydrogens (tertiary/aromatic N) is 2. The van der Waals surface area contributed by atoms with Crippen LogP contribution in [0.15, 0.2) is 18.2 Å². The highest BCUT2D eigenvalue weighted by atomic mass is 16.6. The Balaban J connectivity index is 3.14. The number of aryl methyl sites for hydroxylation is 1. The number of hydrogen-bond acceptors (Lipinski definition) is 4. The molecule has 0 fully saturated rings. The Kier molecular flexibility index (Phi) is 4.06. The van der Waals surface area contributed by atoms with E-state index >= 15 is 0 Å². The van der Waals surface area contributed by atoms with Gasteiger partial charge in [0.25, 0.3) is 0 Å². The summed E-state index contributed by atoms with van der Waals surface area (Å²) in [4.78, 5) is 28.5. The van der Waals surface area contributed by atoms with Gasteiger partial charge in [0.05, 0.1) is 0 Å². The third-order valence-electron chi connectivity index (χ3n) is 2.19. The molecule has 1 aromatic heterocycles. The number of rotatable bonds is 1. The van der Waals surface area contributed by atoms with E-state index in [-0.39, 0.29) is 0 Å². The Morgan fingerprint density at radius 2 is 1.89 bits per heavy atom. The predicted molar refractivity (Wildman–Crippen MR) is 68.4 cm³/mol. The number of aromatic nitrogens is 1. The average Bonchev–Trinajstić information content (AvgIpc) is 2.13. The molecule has 0 bridgehead atoms. The van der Waals surface area contributed by atoms with Gasteiger partial charge < -0.3 is 4.74 Å². The molecule has 0 aliphatic heterocycles. The van der Waals surface area contributed by atoms with E-state index in [9.17, 15) is 9.59 Å². The Labute approximate surface area is 107 Å². The van der Waals surface area contributed by atoms with Crippen LogP contribution in [-0.4, -0.2) is 22.6 Å². The van der Waals surface area contributed by atoms with Crippen molar-refractivity contribution in [2.24, 2.45) is 0 Å². The molecule has 1 amide bonds. The number of hydrogen-bond donors (Lipinski definition) is 0. The van der Waals surface area contributed by atoms with E-state index in [1.165, 1.54) is 11.8 Å². The highest BCUT2D eigenvalue weighted by Gasteiger charge is 2.31. The van der Waals surface area contributed by atoms with Crippen molar-refractivity contribution >= 4 is 17.9 Å². The summed E-state index contributed by atoms with van der Waals surface area (Å²) >= 11 is 0. The van der Waals surface area contributed by atoms with Gasteiger partial charge in [-0.05, 0) is 39.8 Å². The van der Waals surface area contributed by atoms with Crippen molar-refractivity contribution in [2.45, 2.75) is 40.2 Å². The fourth-order valence-electron chi connectivity index (χ4n) is 1.53. The molecule has 0 atom stereocenters. The summed E-state index contributed by atoms with van der Waals surface area (Å²) in [6.07, 6.45) is -0.715. The Hall–Kier alpha value is -1.91. The van der Waals surface area contributed by atoms with E-state index in [4.69, 9.17) is 0 Å². The maximum Gasteiger partial charge on any atom is 0.423 e. The Morgan fingerprint density at radius 3 is 2.33 bits per heavy atom. The van der Waals surface area contributed by atoms with E-state index in [1.807, 2.05) is 33.8 Å². The van der Waals surface area contributed by atoms with Gasteiger partial charge in [0.2, 0.25) is 0 Å². The molecular weight excluding hydrogens is 232 g/mol. The van der Waals surface area contributed by atoms with E-state index in [0.29, 0.717) is 5.82 Å². The van der Waals surface area contributed by atoms with Crippen molar-refractivity contribution in [3.8, 4) is 0 Å². The second-order valence-electron chi connectivity index (χ2n) is 5.00. The predicted octanol–water partition coefficient (Wildman–Crippen LogP) is 2.68. The summed E-state index contributed by atoms with van der Waals surface area (Å²) in [5.74, 6) is -0.171. The third kappa shape index (κ3) is 3.55. The van der Waals surface area contributed by atoms with Crippen LogP contribution < -0.4 is 4.90 Å². The fourth-order valence-corrected chi connectivity index (χ4v) is 1.53. The van der Waals surface area contributed by atoms with Crippen molar-refractivity contribution in [2.75, 3.05) is 4.90 Å². The molecule has 0 aliphatic carbocycles. The van der Waals surface area contributed by atoms with Crippen molar-refractivity contribution in [3.05, 3.63) is 23.9 Å². The first-order chi connectivity index (χ1) is 8.21. The minimum Gasteiger partial charge on any atom is -0.376 e. The minimum absolute atomic E-state index is 0.466. The fraction of sp³-hybridized carbons (Fsp3) is 0.462. The number of carbonyl (C=O) groups excluding carboxylic acids is 2. The molecule has 5 nitrogen and oxygen atoms in total. The highest BCUT2D eigenvalue weighted by Crippen LogP contribution is 2.23. The first-order valence-electron chi connectivity index (χ1n) is 5.68. The lowest BCUT2D eigenvalue weighted by atomic mass is 10.1. The lowest BCUT2D eigenvalue weighted by molar-refractivity contribution is -0.134. The lowest BCUT2D eigenvalue weighted by Gasteiger charge is -2.33. The first kappa shape index (κ1) is 14.2. The van der Waals surface area contributed by atoms with Crippen LogP contribution >= 0.6 is 0 Å². The topological polar surface area (TPSA) is 59.5 Å². The normalized spacial score (nSPS) is 10.9. The summed E-state index contributed by atoms with van der Waals surface area (Å²) in [5.41, 5.74) is 0.255. The third-order valence-corrected chi connectivity index (χ3v) is 2.19. The quantitative estimate of drug-likeness (QED) is 0.568. The van der Waals surface area contributed by atoms with Gasteiger partial charge in [0.1, 0.15) is 5.82 Å². The van der Waals surface area contributed by atoms with Crippen LogP contribution in [0.3, 0.4) is 0 Å². The first-order valence-corrected chi connectivity index (χ1v) is 5.68. The molecule has 1 aromatic rings. The maximum atomic E-state index is 12.0. The second-order valence-corrected chi connectivity index (χ2v) is 5.00. The second kappa shape index (κ2) is 5.16. The molecule has 0 unspecified atom stereocenters. The number of carbonyl (C=O) groups is 2. The van der Waals surface area contributed by atoms with E-state index < -0.39 is 17.6 Å². The number of ether oxygens (including phenoxy) is 1. The van der Waals surface area contributed by atoms with E-state index in [0.717, 1.165) is 5.69 Å². The zero-order valence-corrected chi connectivity index (χ0v) is 11.4. The molecule has 0 saturated heterocycles. The number of amides is 1. The van der Waals surface area contributed by atoms with Crippen LogP contribution in [0.25, 0.3) is 0 Å². The summed E-state index contributed by atoms with van der Waals surface area (Å²) in [6, 6.07) is 5.34. The summed E-state index contributed by atoms with van der Waals surface area (Å²) in [6.45, 7) is 8.57. The molecule has 18 heavy (non-hydrogen) atoms. The molecule has 1 heterocycles. The standard InChI is InChI=1S/C13H18N2O3/c1-9-7-6-8-11(14-9)15(13(3,4)5)12(17)18-10(2)16/h6-8H,1-5H3. The minimum atomic E-state index is -0.715. The van der Waals surface area contributed by atoms with Gasteiger partial charge >= 0.3 is 12.1 Å². The highest BCUT2D eigenvalue weighted by molar-refractivity contribution is 5.94. The van der Waals surface area contributed by atoms with Crippen LogP contribution in [0.4, 0.5) is 10.6 Å². The molecule has 0 radical (unpaired) electrons. The van der Waals surface area contributed by atoms with Crippen molar-refractivity contribution < 1.29 is 14.3 Å². The maximum absolute atomic E-state index is 12.0. The van der Waals surface area contributed by atoms with Crippen LogP contribution in [-0.2, 0) is 9.53 Å². The Bertz CT molecular complexity index is 464. The van der Waals surface area contributed by atoms with Crippen molar-refractivity contribution in [1.82, 2.24) is 4.98 Å². The lowest BCUT2D eigenvalue weighted by Crippen LogP contribution is -2.47. The van der Waals surface area contributed by atoms with Crippen molar-refractivity contribution in [3.63, 3.8) is 0 Å². The smallest absolute Gasteiger partial charge is 0.376 e. The Morgan fingerprint density at radius 1 is 1.28 bits per heavy atom. The van der Waals surface area contributed by atoms with Crippen molar-refractivity contribution in [1.29, 1.82) is 0 Å². The van der Waals surface area contributed by atoms with Gasteiger partial charge in [-0.25, -0.2) is 9.78 Å². The SMILES string of the molecule is CC(=O)OC(=O)N(c1cccc(C)n1)C(C)(C)C. The molecule has 0 saturated carbocycles. The zero-order valence-electron chi connectivity index (χ0n) is 11.4. The molecule has 0 aromatic carbocycles. The van der Waals surface area contributed by atoms with Gasteiger partial charge in [0.15, 0.2) is 0 Å². The molecule has 0 aliphatic rings. The van der Waals surface area contributed by atoms with Gasteiger partial charge in [0, 0.05) is 18.2 Å². The summed E-state index contributed by atoms with van der Waals surface area (Å²) in [5, 5.41) is 0. The average molecular weight is 250 g/mol. The largest absolute Gasteiger partial charge is 0.423 e.